The van der Waals surface area contributed by atoms with Crippen LogP contribution in [0.2, 0.25) is 0 Å². The van der Waals surface area contributed by atoms with E-state index in [1.807, 2.05) is 6.07 Å². The molecule has 2 fully saturated rings. The van der Waals surface area contributed by atoms with Gasteiger partial charge in [0.2, 0.25) is 0 Å². The molecule has 2 heterocycles. The zero-order chi connectivity index (χ0) is 15.1. The second-order valence-corrected chi connectivity index (χ2v) is 7.63. The van der Waals surface area contributed by atoms with Gasteiger partial charge < -0.3 is 4.90 Å². The Balaban J connectivity index is 1.64. The third-order valence-corrected chi connectivity index (χ3v) is 6.30. The van der Waals surface area contributed by atoms with Crippen molar-refractivity contribution in [1.82, 2.24) is 4.90 Å². The average Bonchev–Trinajstić information content (AvgIpc) is 2.96. The van der Waals surface area contributed by atoms with E-state index in [9.17, 15) is 9.18 Å². The monoisotopic (exact) mass is 317 g/mol. The highest BCUT2D eigenvalue weighted by molar-refractivity contribution is 7.20. The van der Waals surface area contributed by atoms with E-state index in [1.165, 1.54) is 49.2 Å². The van der Waals surface area contributed by atoms with Crippen LogP contribution in [-0.4, -0.2) is 23.4 Å². The second-order valence-electron chi connectivity index (χ2n) is 6.55. The number of carbonyl (C=O) groups excluding carboxylic acids is 1. The molecule has 1 aliphatic heterocycles. The van der Waals surface area contributed by atoms with Gasteiger partial charge >= 0.3 is 0 Å². The lowest BCUT2D eigenvalue weighted by atomic mass is 9.78. The van der Waals surface area contributed by atoms with Crippen molar-refractivity contribution in [2.24, 2.45) is 5.92 Å². The first-order valence-electron chi connectivity index (χ1n) is 8.22. The SMILES string of the molecule is O=C(c1cc2cc(F)ccc2s1)N1CCC[C@@H]2CCCC[C@H]21. The number of halogens is 1. The highest BCUT2D eigenvalue weighted by Gasteiger charge is 2.36. The van der Waals surface area contributed by atoms with Gasteiger partial charge in [-0.2, -0.15) is 0 Å². The number of likely N-dealkylation sites (tertiary alicyclic amines) is 1. The second kappa shape index (κ2) is 5.65. The number of nitrogens with zero attached hydrogens (tertiary/aromatic N) is 1. The Labute approximate surface area is 133 Å². The first-order chi connectivity index (χ1) is 10.7. The summed E-state index contributed by atoms with van der Waals surface area (Å²) in [5.41, 5.74) is 0. The number of hydrogen-bond acceptors (Lipinski definition) is 2. The number of rotatable bonds is 1. The highest BCUT2D eigenvalue weighted by Crippen LogP contribution is 2.37. The van der Waals surface area contributed by atoms with Crippen LogP contribution in [0.4, 0.5) is 4.39 Å². The number of fused-ring (bicyclic) bond motifs is 2. The van der Waals surface area contributed by atoms with E-state index in [-0.39, 0.29) is 11.7 Å². The first-order valence-corrected chi connectivity index (χ1v) is 9.04. The van der Waals surface area contributed by atoms with E-state index in [4.69, 9.17) is 0 Å². The molecule has 0 spiro atoms. The summed E-state index contributed by atoms with van der Waals surface area (Å²) in [6.07, 6.45) is 7.36. The minimum absolute atomic E-state index is 0.151. The summed E-state index contributed by atoms with van der Waals surface area (Å²) in [5, 5.41) is 0.838. The standard InChI is InChI=1S/C18H20FNOS/c19-14-7-8-16-13(10-14)11-17(22-16)18(21)20-9-3-5-12-4-1-2-6-15(12)20/h7-8,10-12,15H,1-6,9H2/t12-,15+/m0/s1. The van der Waals surface area contributed by atoms with E-state index in [0.717, 1.165) is 34.3 Å². The fraction of sp³-hybridized carbons (Fsp3) is 0.500. The molecule has 22 heavy (non-hydrogen) atoms. The summed E-state index contributed by atoms with van der Waals surface area (Å²) in [4.78, 5) is 15.8. The van der Waals surface area contributed by atoms with Gasteiger partial charge in [-0.15, -0.1) is 11.3 Å². The summed E-state index contributed by atoms with van der Waals surface area (Å²) < 4.78 is 14.3. The summed E-state index contributed by atoms with van der Waals surface area (Å²) in [6.45, 7) is 0.878. The molecule has 2 nitrogen and oxygen atoms in total. The molecule has 116 valence electrons. The maximum Gasteiger partial charge on any atom is 0.264 e. The first kappa shape index (κ1) is 14.2. The summed E-state index contributed by atoms with van der Waals surface area (Å²) in [7, 11) is 0. The number of thiophene rings is 1. The van der Waals surface area contributed by atoms with E-state index < -0.39 is 0 Å². The highest BCUT2D eigenvalue weighted by atomic mass is 32.1. The maximum absolute atomic E-state index is 13.3. The number of benzene rings is 1. The Kier molecular flexibility index (Phi) is 3.65. The molecule has 1 aromatic carbocycles. The van der Waals surface area contributed by atoms with Gasteiger partial charge in [0.15, 0.2) is 0 Å². The zero-order valence-corrected chi connectivity index (χ0v) is 13.4. The molecule has 2 atom stereocenters. The van der Waals surface area contributed by atoms with Crippen LogP contribution >= 0.6 is 11.3 Å². The van der Waals surface area contributed by atoms with Gasteiger partial charge in [-0.25, -0.2) is 4.39 Å². The van der Waals surface area contributed by atoms with Crippen LogP contribution in [0.3, 0.4) is 0 Å². The molecular formula is C18H20FNOS. The molecule has 4 rings (SSSR count). The van der Waals surface area contributed by atoms with Crippen LogP contribution in [0.15, 0.2) is 24.3 Å². The maximum atomic E-state index is 13.3. The van der Waals surface area contributed by atoms with Crippen molar-refractivity contribution in [2.75, 3.05) is 6.54 Å². The third-order valence-electron chi connectivity index (χ3n) is 5.19. The number of hydrogen-bond donors (Lipinski definition) is 0. The van der Waals surface area contributed by atoms with Crippen LogP contribution in [-0.2, 0) is 0 Å². The molecule has 0 radical (unpaired) electrons. The molecule has 1 saturated carbocycles. The molecule has 4 heteroatoms. The average molecular weight is 317 g/mol. The predicted molar refractivity (Wildman–Crippen MR) is 87.8 cm³/mol. The Morgan fingerprint density at radius 2 is 1.95 bits per heavy atom. The van der Waals surface area contributed by atoms with Gasteiger partial charge in [-0.3, -0.25) is 4.79 Å². The molecule has 2 aliphatic rings. The normalized spacial score (nSPS) is 25.2. The van der Waals surface area contributed by atoms with Crippen molar-refractivity contribution in [3.05, 3.63) is 35.0 Å². The minimum Gasteiger partial charge on any atom is -0.335 e. The summed E-state index contributed by atoms with van der Waals surface area (Å²) >= 11 is 1.49. The van der Waals surface area contributed by atoms with E-state index in [1.54, 1.807) is 6.07 Å². The molecular weight excluding hydrogens is 297 g/mol. The van der Waals surface area contributed by atoms with E-state index in [2.05, 4.69) is 4.90 Å². The van der Waals surface area contributed by atoms with Crippen molar-refractivity contribution in [3.8, 4) is 0 Å². The van der Waals surface area contributed by atoms with Gasteiger partial charge in [-0.1, -0.05) is 12.8 Å². The number of carbonyl (C=O) groups is 1. The quantitative estimate of drug-likeness (QED) is 0.737. The number of amides is 1. The molecule has 1 aliphatic carbocycles. The van der Waals surface area contributed by atoms with Gasteiger partial charge in [-0.05, 0) is 61.3 Å². The zero-order valence-electron chi connectivity index (χ0n) is 12.6. The van der Waals surface area contributed by atoms with Crippen molar-refractivity contribution in [1.29, 1.82) is 0 Å². The Hall–Kier alpha value is -1.42. The fourth-order valence-corrected chi connectivity index (χ4v) is 5.14. The summed E-state index contributed by atoms with van der Waals surface area (Å²) in [5.74, 6) is 0.603. The lowest BCUT2D eigenvalue weighted by Crippen LogP contribution is -2.49. The van der Waals surface area contributed by atoms with Gasteiger partial charge in [0.25, 0.3) is 5.91 Å². The minimum atomic E-state index is -0.241. The van der Waals surface area contributed by atoms with Crippen LogP contribution in [0, 0.1) is 11.7 Å². The lowest BCUT2D eigenvalue weighted by Gasteiger charge is -2.44. The van der Waals surface area contributed by atoms with Crippen LogP contribution in [0.5, 0.6) is 0 Å². The molecule has 0 unspecified atom stereocenters. The largest absolute Gasteiger partial charge is 0.335 e. The van der Waals surface area contributed by atoms with Crippen molar-refractivity contribution >= 4 is 27.3 Å². The Bertz CT molecular complexity index is 708. The Morgan fingerprint density at radius 3 is 2.86 bits per heavy atom. The van der Waals surface area contributed by atoms with Gasteiger partial charge in [0, 0.05) is 17.3 Å². The smallest absolute Gasteiger partial charge is 0.264 e. The summed E-state index contributed by atoms with van der Waals surface area (Å²) in [6, 6.07) is 7.04. The molecule has 0 bridgehead atoms. The van der Waals surface area contributed by atoms with Crippen LogP contribution < -0.4 is 0 Å². The fourth-order valence-electron chi connectivity index (χ4n) is 4.14. The van der Waals surface area contributed by atoms with Crippen molar-refractivity contribution in [2.45, 2.75) is 44.6 Å². The van der Waals surface area contributed by atoms with E-state index in [0.29, 0.717) is 12.0 Å². The third kappa shape index (κ3) is 2.43. The molecule has 1 saturated heterocycles. The van der Waals surface area contributed by atoms with Crippen molar-refractivity contribution in [3.63, 3.8) is 0 Å². The van der Waals surface area contributed by atoms with Crippen molar-refractivity contribution < 1.29 is 9.18 Å². The lowest BCUT2D eigenvalue weighted by molar-refractivity contribution is 0.0395. The molecule has 1 amide bonds. The molecule has 0 N–H and O–H groups in total. The van der Waals surface area contributed by atoms with Gasteiger partial charge in [0.1, 0.15) is 5.82 Å². The van der Waals surface area contributed by atoms with Gasteiger partial charge in [0.05, 0.1) is 4.88 Å². The number of piperidine rings is 1. The molecule has 1 aromatic heterocycles. The molecule has 2 aromatic rings. The Morgan fingerprint density at radius 1 is 1.14 bits per heavy atom. The van der Waals surface area contributed by atoms with E-state index >= 15 is 0 Å². The predicted octanol–water partition coefficient (Wildman–Crippen LogP) is 4.84. The van der Waals surface area contributed by atoms with Crippen LogP contribution in [0.1, 0.15) is 48.2 Å². The van der Waals surface area contributed by atoms with Crippen LogP contribution in [0.25, 0.3) is 10.1 Å². The topological polar surface area (TPSA) is 20.3 Å².